The molecule has 0 bridgehead atoms. The quantitative estimate of drug-likeness (QED) is 0.448. The molecule has 1 aromatic heterocycles. The fourth-order valence-corrected chi connectivity index (χ4v) is 1.31. The fourth-order valence-electron chi connectivity index (χ4n) is 1.31. The number of pyridine rings is 1. The Labute approximate surface area is 111 Å². The Morgan fingerprint density at radius 2 is 2.15 bits per heavy atom. The number of alkyl halides is 3. The van der Waals surface area contributed by atoms with Gasteiger partial charge in [0.05, 0.1) is 24.7 Å². The molecule has 0 unspecified atom stereocenters. The number of aliphatic hydroxyl groups is 1. The molecule has 0 aliphatic rings. The van der Waals surface area contributed by atoms with Gasteiger partial charge < -0.3 is 15.2 Å². The molecule has 0 spiro atoms. The molecule has 1 rings (SSSR count). The van der Waals surface area contributed by atoms with Crippen LogP contribution in [0.1, 0.15) is 5.69 Å². The highest BCUT2D eigenvalue weighted by atomic mass is 19.4. The number of aromatic nitrogens is 1. The van der Waals surface area contributed by atoms with E-state index in [1.807, 2.05) is 0 Å². The number of aliphatic hydroxyl groups excluding tert-OH is 1. The third kappa shape index (κ3) is 4.63. The summed E-state index contributed by atoms with van der Waals surface area (Å²) in [5.41, 5.74) is -2.06. The molecule has 1 heterocycles. The summed E-state index contributed by atoms with van der Waals surface area (Å²) in [6.07, 6.45) is -4.13. The van der Waals surface area contributed by atoms with E-state index in [-0.39, 0.29) is 32.1 Å². The minimum atomic E-state index is -4.68. The topological polar surface area (TPSA) is 97.5 Å². The monoisotopic (exact) mass is 295 g/mol. The van der Waals surface area contributed by atoms with Gasteiger partial charge in [0.25, 0.3) is 0 Å². The van der Waals surface area contributed by atoms with Crippen molar-refractivity contribution in [2.75, 3.05) is 31.7 Å². The van der Waals surface area contributed by atoms with Gasteiger partial charge in [0, 0.05) is 6.54 Å². The molecular formula is C10H12F3N3O4. The third-order valence-electron chi connectivity index (χ3n) is 2.17. The Morgan fingerprint density at radius 3 is 2.70 bits per heavy atom. The van der Waals surface area contributed by atoms with Gasteiger partial charge in [0.15, 0.2) is 0 Å². The lowest BCUT2D eigenvalue weighted by Gasteiger charge is -2.10. The number of halogens is 3. The van der Waals surface area contributed by atoms with Gasteiger partial charge in [-0.2, -0.15) is 13.2 Å². The number of nitrogens with zero attached hydrogens (tertiary/aromatic N) is 2. The summed E-state index contributed by atoms with van der Waals surface area (Å²) in [5, 5.41) is 21.6. The smallest absolute Gasteiger partial charge is 0.394 e. The Hall–Kier alpha value is -1.94. The van der Waals surface area contributed by atoms with Crippen LogP contribution in [-0.2, 0) is 10.9 Å². The standard InChI is InChI=1S/C10H12F3N3O4/c11-10(12,13)9-5-7(8(6-15-9)16(18)19)14-1-3-20-4-2-17/h5-6,17H,1-4H2,(H,14,15). The maximum absolute atomic E-state index is 12.5. The van der Waals surface area contributed by atoms with Crippen LogP contribution in [0.15, 0.2) is 12.3 Å². The molecule has 0 aliphatic carbocycles. The number of anilines is 1. The molecule has 0 fully saturated rings. The first kappa shape index (κ1) is 16.1. The van der Waals surface area contributed by atoms with Crippen molar-refractivity contribution in [3.05, 3.63) is 28.1 Å². The van der Waals surface area contributed by atoms with E-state index in [4.69, 9.17) is 9.84 Å². The van der Waals surface area contributed by atoms with Crippen LogP contribution in [0, 0.1) is 10.1 Å². The summed E-state index contributed by atoms with van der Waals surface area (Å²) in [5.74, 6) is 0. The van der Waals surface area contributed by atoms with Crippen LogP contribution in [0.25, 0.3) is 0 Å². The van der Waals surface area contributed by atoms with Crippen LogP contribution in [0.2, 0.25) is 0 Å². The number of ether oxygens (including phenoxy) is 1. The van der Waals surface area contributed by atoms with Gasteiger partial charge >= 0.3 is 11.9 Å². The zero-order chi connectivity index (χ0) is 15.2. The average Bonchev–Trinajstić information content (AvgIpc) is 2.37. The summed E-state index contributed by atoms with van der Waals surface area (Å²) in [6.45, 7) is 0.0328. The molecule has 0 atom stereocenters. The van der Waals surface area contributed by atoms with Crippen molar-refractivity contribution in [2.24, 2.45) is 0 Å². The second-order valence-electron chi connectivity index (χ2n) is 3.60. The molecule has 0 amide bonds. The van der Waals surface area contributed by atoms with E-state index < -0.39 is 22.5 Å². The first-order valence-corrected chi connectivity index (χ1v) is 5.50. The highest BCUT2D eigenvalue weighted by Gasteiger charge is 2.34. The zero-order valence-electron chi connectivity index (χ0n) is 10.2. The summed E-state index contributed by atoms with van der Waals surface area (Å²) in [4.78, 5) is 12.9. The summed E-state index contributed by atoms with van der Waals surface area (Å²) < 4.78 is 42.3. The van der Waals surface area contributed by atoms with Crippen LogP contribution in [-0.4, -0.2) is 41.4 Å². The predicted octanol–water partition coefficient (Wildman–Crippen LogP) is 1.43. The first-order valence-electron chi connectivity index (χ1n) is 5.50. The van der Waals surface area contributed by atoms with Crippen molar-refractivity contribution < 1.29 is 27.9 Å². The average molecular weight is 295 g/mol. The van der Waals surface area contributed by atoms with E-state index in [0.717, 1.165) is 0 Å². The maximum atomic E-state index is 12.5. The zero-order valence-corrected chi connectivity index (χ0v) is 10.2. The number of nitrogens with one attached hydrogen (secondary N) is 1. The molecule has 0 aliphatic heterocycles. The fraction of sp³-hybridized carbons (Fsp3) is 0.500. The van der Waals surface area contributed by atoms with Crippen LogP contribution in [0.4, 0.5) is 24.5 Å². The number of rotatable bonds is 7. The number of nitro groups is 1. The summed E-state index contributed by atoms with van der Waals surface area (Å²) >= 11 is 0. The SMILES string of the molecule is O=[N+]([O-])c1cnc(C(F)(F)F)cc1NCCOCCO. The molecule has 7 nitrogen and oxygen atoms in total. The molecule has 112 valence electrons. The molecule has 0 saturated heterocycles. The van der Waals surface area contributed by atoms with Crippen molar-refractivity contribution in [1.29, 1.82) is 0 Å². The predicted molar refractivity (Wildman–Crippen MR) is 62.3 cm³/mol. The Balaban J connectivity index is 2.81. The van der Waals surface area contributed by atoms with Crippen LogP contribution in [0.5, 0.6) is 0 Å². The van der Waals surface area contributed by atoms with Gasteiger partial charge in [-0.25, -0.2) is 4.98 Å². The summed E-state index contributed by atoms with van der Waals surface area (Å²) in [6, 6.07) is 0.574. The molecular weight excluding hydrogens is 283 g/mol. The number of hydrogen-bond acceptors (Lipinski definition) is 6. The van der Waals surface area contributed by atoms with Crippen LogP contribution < -0.4 is 5.32 Å². The first-order chi connectivity index (χ1) is 9.36. The summed E-state index contributed by atoms with van der Waals surface area (Å²) in [7, 11) is 0. The van der Waals surface area contributed by atoms with E-state index in [0.29, 0.717) is 12.3 Å². The third-order valence-corrected chi connectivity index (χ3v) is 2.17. The lowest BCUT2D eigenvalue weighted by molar-refractivity contribution is -0.384. The van der Waals surface area contributed by atoms with Gasteiger partial charge in [-0.1, -0.05) is 0 Å². The molecule has 0 radical (unpaired) electrons. The second kappa shape index (κ2) is 7.01. The largest absolute Gasteiger partial charge is 0.433 e. The van der Waals surface area contributed by atoms with E-state index in [1.165, 1.54) is 0 Å². The Morgan fingerprint density at radius 1 is 1.45 bits per heavy atom. The van der Waals surface area contributed by atoms with Gasteiger partial charge in [-0.3, -0.25) is 10.1 Å². The van der Waals surface area contributed by atoms with Gasteiger partial charge in [0.2, 0.25) is 0 Å². The Kier molecular flexibility index (Phi) is 5.65. The normalized spacial score (nSPS) is 11.4. The van der Waals surface area contributed by atoms with Gasteiger partial charge in [-0.05, 0) is 6.07 Å². The van der Waals surface area contributed by atoms with E-state index >= 15 is 0 Å². The van der Waals surface area contributed by atoms with Crippen LogP contribution >= 0.6 is 0 Å². The molecule has 0 saturated carbocycles. The van der Waals surface area contributed by atoms with Crippen molar-refractivity contribution in [3.63, 3.8) is 0 Å². The van der Waals surface area contributed by atoms with Crippen molar-refractivity contribution in [2.45, 2.75) is 6.18 Å². The van der Waals surface area contributed by atoms with E-state index in [1.54, 1.807) is 0 Å². The second-order valence-corrected chi connectivity index (χ2v) is 3.60. The Bertz CT molecular complexity index is 468. The molecule has 10 heteroatoms. The molecule has 0 aromatic carbocycles. The minimum absolute atomic E-state index is 0.0577. The highest BCUT2D eigenvalue weighted by molar-refractivity contribution is 5.61. The van der Waals surface area contributed by atoms with E-state index in [9.17, 15) is 23.3 Å². The highest BCUT2D eigenvalue weighted by Crippen LogP contribution is 2.32. The van der Waals surface area contributed by atoms with E-state index in [2.05, 4.69) is 10.3 Å². The van der Waals surface area contributed by atoms with Crippen molar-refractivity contribution in [1.82, 2.24) is 4.98 Å². The van der Waals surface area contributed by atoms with Crippen LogP contribution in [0.3, 0.4) is 0 Å². The van der Waals surface area contributed by atoms with Gasteiger partial charge in [-0.15, -0.1) is 0 Å². The number of hydrogen-bond donors (Lipinski definition) is 2. The minimum Gasteiger partial charge on any atom is -0.394 e. The van der Waals surface area contributed by atoms with Gasteiger partial charge in [0.1, 0.15) is 17.6 Å². The molecule has 2 N–H and O–H groups in total. The lowest BCUT2D eigenvalue weighted by atomic mass is 10.2. The maximum Gasteiger partial charge on any atom is 0.433 e. The lowest BCUT2D eigenvalue weighted by Crippen LogP contribution is -2.14. The van der Waals surface area contributed by atoms with Crippen molar-refractivity contribution in [3.8, 4) is 0 Å². The molecule has 1 aromatic rings. The molecule has 20 heavy (non-hydrogen) atoms. The van der Waals surface area contributed by atoms with Crippen molar-refractivity contribution >= 4 is 11.4 Å².